The molecule has 0 spiro atoms. The molecule has 0 saturated carbocycles. The fourth-order valence-electron chi connectivity index (χ4n) is 0.804. The van der Waals surface area contributed by atoms with Gasteiger partial charge >= 0.3 is 7.12 Å². The lowest BCUT2D eigenvalue weighted by Crippen LogP contribution is -2.29. The zero-order valence-electron chi connectivity index (χ0n) is 6.18. The SMILES string of the molecule is O=COc1cccc(B(O)O)c1. The summed E-state index contributed by atoms with van der Waals surface area (Å²) in [6.07, 6.45) is 0. The first kappa shape index (κ1) is 8.77. The Balaban J connectivity index is 2.87. The Morgan fingerprint density at radius 1 is 1.42 bits per heavy atom. The first-order valence-corrected chi connectivity index (χ1v) is 3.30. The lowest BCUT2D eigenvalue weighted by atomic mass is 9.80. The van der Waals surface area contributed by atoms with Crippen LogP contribution in [0.25, 0.3) is 0 Å². The van der Waals surface area contributed by atoms with Crippen LogP contribution < -0.4 is 10.2 Å². The molecule has 0 amide bonds. The van der Waals surface area contributed by atoms with E-state index in [1.807, 2.05) is 0 Å². The third-order valence-corrected chi connectivity index (χ3v) is 1.34. The molecule has 0 saturated heterocycles. The van der Waals surface area contributed by atoms with Crippen LogP contribution in [0.3, 0.4) is 0 Å². The lowest BCUT2D eigenvalue weighted by Gasteiger charge is -2.00. The number of hydrogen-bond acceptors (Lipinski definition) is 4. The number of carbonyl (C=O) groups is 1. The van der Waals surface area contributed by atoms with E-state index in [0.717, 1.165) is 0 Å². The van der Waals surface area contributed by atoms with Crippen molar-refractivity contribution in [3.8, 4) is 5.75 Å². The van der Waals surface area contributed by atoms with Gasteiger partial charge in [0.15, 0.2) is 0 Å². The van der Waals surface area contributed by atoms with Gasteiger partial charge in [0.2, 0.25) is 0 Å². The van der Waals surface area contributed by atoms with Gasteiger partial charge in [-0.15, -0.1) is 0 Å². The Bertz CT molecular complexity index is 274. The second kappa shape index (κ2) is 3.89. The van der Waals surface area contributed by atoms with Gasteiger partial charge < -0.3 is 14.8 Å². The summed E-state index contributed by atoms with van der Waals surface area (Å²) >= 11 is 0. The second-order valence-electron chi connectivity index (χ2n) is 2.16. The monoisotopic (exact) mass is 166 g/mol. The summed E-state index contributed by atoms with van der Waals surface area (Å²) in [4.78, 5) is 9.91. The maximum absolute atomic E-state index is 9.91. The average molecular weight is 166 g/mol. The molecule has 1 aromatic carbocycles. The van der Waals surface area contributed by atoms with Crippen molar-refractivity contribution in [3.63, 3.8) is 0 Å². The van der Waals surface area contributed by atoms with E-state index in [2.05, 4.69) is 4.74 Å². The quantitative estimate of drug-likeness (QED) is 0.441. The van der Waals surface area contributed by atoms with Crippen LogP contribution in [0.2, 0.25) is 0 Å². The van der Waals surface area contributed by atoms with Crippen molar-refractivity contribution in [2.75, 3.05) is 0 Å². The van der Waals surface area contributed by atoms with Gasteiger partial charge in [0.1, 0.15) is 5.75 Å². The van der Waals surface area contributed by atoms with Gasteiger partial charge in [0.25, 0.3) is 6.47 Å². The van der Waals surface area contributed by atoms with Crippen LogP contribution in [0.5, 0.6) is 5.75 Å². The van der Waals surface area contributed by atoms with Crippen molar-refractivity contribution in [1.29, 1.82) is 0 Å². The third kappa shape index (κ3) is 2.08. The zero-order chi connectivity index (χ0) is 8.97. The van der Waals surface area contributed by atoms with Gasteiger partial charge in [-0.3, -0.25) is 4.79 Å². The summed E-state index contributed by atoms with van der Waals surface area (Å²) in [6.45, 7) is 0.281. The average Bonchev–Trinajstić information content (AvgIpc) is 2.05. The molecule has 0 aliphatic rings. The smallest absolute Gasteiger partial charge is 0.429 e. The Labute approximate surface area is 69.6 Å². The summed E-state index contributed by atoms with van der Waals surface area (Å²) in [5.41, 5.74) is 0.286. The van der Waals surface area contributed by atoms with Crippen molar-refractivity contribution in [1.82, 2.24) is 0 Å². The molecule has 0 aromatic heterocycles. The van der Waals surface area contributed by atoms with Crippen LogP contribution in [0.4, 0.5) is 0 Å². The van der Waals surface area contributed by atoms with Crippen LogP contribution in [-0.4, -0.2) is 23.6 Å². The molecule has 1 aromatic rings. The Morgan fingerprint density at radius 2 is 2.17 bits per heavy atom. The van der Waals surface area contributed by atoms with Gasteiger partial charge in [-0.2, -0.15) is 0 Å². The zero-order valence-corrected chi connectivity index (χ0v) is 6.18. The molecule has 0 bridgehead atoms. The van der Waals surface area contributed by atoms with Crippen LogP contribution in [-0.2, 0) is 4.79 Å². The molecule has 0 unspecified atom stereocenters. The topological polar surface area (TPSA) is 66.8 Å². The number of benzene rings is 1. The van der Waals surface area contributed by atoms with E-state index in [1.165, 1.54) is 12.1 Å². The summed E-state index contributed by atoms with van der Waals surface area (Å²) in [6, 6.07) is 6.00. The normalized spacial score (nSPS) is 9.17. The fourth-order valence-corrected chi connectivity index (χ4v) is 0.804. The van der Waals surface area contributed by atoms with E-state index in [1.54, 1.807) is 12.1 Å². The number of carbonyl (C=O) groups excluding carboxylic acids is 1. The molecule has 0 heterocycles. The van der Waals surface area contributed by atoms with E-state index in [9.17, 15) is 4.79 Å². The summed E-state index contributed by atoms with van der Waals surface area (Å²) < 4.78 is 4.49. The number of ether oxygens (including phenoxy) is 1. The molecular formula is C7H7BO4. The largest absolute Gasteiger partial charge is 0.488 e. The lowest BCUT2D eigenvalue weighted by molar-refractivity contribution is -0.120. The van der Waals surface area contributed by atoms with Crippen molar-refractivity contribution in [3.05, 3.63) is 24.3 Å². The van der Waals surface area contributed by atoms with E-state index < -0.39 is 7.12 Å². The fraction of sp³-hybridized carbons (Fsp3) is 0. The van der Waals surface area contributed by atoms with E-state index >= 15 is 0 Å². The van der Waals surface area contributed by atoms with E-state index in [-0.39, 0.29) is 17.7 Å². The minimum atomic E-state index is -1.54. The van der Waals surface area contributed by atoms with Crippen LogP contribution in [0.15, 0.2) is 24.3 Å². The molecule has 0 radical (unpaired) electrons. The first-order valence-electron chi connectivity index (χ1n) is 3.30. The second-order valence-corrected chi connectivity index (χ2v) is 2.16. The summed E-state index contributed by atoms with van der Waals surface area (Å²) in [7, 11) is -1.54. The van der Waals surface area contributed by atoms with Crippen LogP contribution in [0.1, 0.15) is 0 Å². The van der Waals surface area contributed by atoms with Gasteiger partial charge in [0, 0.05) is 0 Å². The van der Waals surface area contributed by atoms with Gasteiger partial charge in [-0.1, -0.05) is 12.1 Å². The van der Waals surface area contributed by atoms with Crippen molar-refractivity contribution < 1.29 is 19.6 Å². The molecule has 62 valence electrons. The number of rotatable bonds is 3. The van der Waals surface area contributed by atoms with Crippen molar-refractivity contribution in [2.45, 2.75) is 0 Å². The predicted octanol–water partition coefficient (Wildman–Crippen LogP) is -1.10. The molecule has 0 aliphatic heterocycles. The molecule has 0 atom stereocenters. The van der Waals surface area contributed by atoms with Crippen molar-refractivity contribution in [2.24, 2.45) is 0 Å². The molecule has 1 rings (SSSR count). The standard InChI is InChI=1S/C7H7BO4/c9-5-12-7-3-1-2-6(4-7)8(10)11/h1-5,10-11H. The molecule has 5 heteroatoms. The Morgan fingerprint density at radius 3 is 2.75 bits per heavy atom. The van der Waals surface area contributed by atoms with Gasteiger partial charge in [-0.25, -0.2) is 0 Å². The minimum Gasteiger partial charge on any atom is -0.429 e. The Kier molecular flexibility index (Phi) is 2.84. The molecule has 2 N–H and O–H groups in total. The van der Waals surface area contributed by atoms with Crippen molar-refractivity contribution >= 4 is 19.1 Å². The van der Waals surface area contributed by atoms with E-state index in [4.69, 9.17) is 10.0 Å². The molecule has 0 aliphatic carbocycles. The molecule has 4 nitrogen and oxygen atoms in total. The van der Waals surface area contributed by atoms with Crippen LogP contribution >= 0.6 is 0 Å². The maximum Gasteiger partial charge on any atom is 0.488 e. The number of hydrogen-bond donors (Lipinski definition) is 2. The van der Waals surface area contributed by atoms with Gasteiger partial charge in [-0.05, 0) is 17.6 Å². The highest BCUT2D eigenvalue weighted by atomic mass is 16.5. The minimum absolute atomic E-state index is 0.281. The van der Waals surface area contributed by atoms with E-state index in [0.29, 0.717) is 0 Å². The van der Waals surface area contributed by atoms with Crippen LogP contribution in [0, 0.1) is 0 Å². The molecule has 12 heavy (non-hydrogen) atoms. The first-order chi connectivity index (χ1) is 5.74. The summed E-state index contributed by atoms with van der Waals surface area (Å²) in [5, 5.41) is 17.5. The molecular weight excluding hydrogens is 159 g/mol. The molecule has 0 fully saturated rings. The third-order valence-electron chi connectivity index (χ3n) is 1.34. The Hall–Kier alpha value is -1.33. The van der Waals surface area contributed by atoms with Gasteiger partial charge in [0.05, 0.1) is 0 Å². The highest BCUT2D eigenvalue weighted by Gasteiger charge is 2.10. The highest BCUT2D eigenvalue weighted by Crippen LogP contribution is 2.05. The highest BCUT2D eigenvalue weighted by molar-refractivity contribution is 6.58. The maximum atomic E-state index is 9.91. The predicted molar refractivity (Wildman–Crippen MR) is 43.0 cm³/mol. The summed E-state index contributed by atoms with van der Waals surface area (Å²) in [5.74, 6) is 0.288.